The number of amides is 1. The van der Waals surface area contributed by atoms with Crippen molar-refractivity contribution >= 4 is 28.3 Å². The van der Waals surface area contributed by atoms with Crippen LogP contribution in [-0.2, 0) is 9.53 Å². The second kappa shape index (κ2) is 8.04. The number of morpholine rings is 1. The van der Waals surface area contributed by atoms with E-state index in [1.54, 1.807) is 18.6 Å². The number of nitrogens with zero attached hydrogens (tertiary/aromatic N) is 4. The fraction of sp³-hybridized carbons (Fsp3) is 0.440. The van der Waals surface area contributed by atoms with Crippen molar-refractivity contribution in [2.45, 2.75) is 25.8 Å². The number of aromatic nitrogens is 3. The lowest BCUT2D eigenvalue weighted by Gasteiger charge is -2.33. The number of anilines is 2. The number of carbonyl (C=O) groups excluding carboxylic acids is 1. The molecule has 170 valence electrons. The van der Waals surface area contributed by atoms with E-state index in [1.807, 2.05) is 25.1 Å². The fourth-order valence-corrected chi connectivity index (χ4v) is 5.76. The summed E-state index contributed by atoms with van der Waals surface area (Å²) in [5, 5.41) is 4.72. The van der Waals surface area contributed by atoms with Crippen molar-refractivity contribution in [2.75, 3.05) is 37.4 Å². The monoisotopic (exact) mass is 444 g/mol. The summed E-state index contributed by atoms with van der Waals surface area (Å²) in [5.41, 5.74) is 9.00. The molecule has 1 unspecified atom stereocenters. The average molecular weight is 445 g/mol. The molecule has 8 heteroatoms. The number of nitrogens with two attached hydrogens (primary N) is 1. The van der Waals surface area contributed by atoms with Gasteiger partial charge in [-0.1, -0.05) is 0 Å². The lowest BCUT2D eigenvalue weighted by atomic mass is 10.0. The van der Waals surface area contributed by atoms with Gasteiger partial charge in [-0.05, 0) is 60.7 Å². The van der Waals surface area contributed by atoms with Crippen LogP contribution in [0, 0.1) is 24.7 Å². The van der Waals surface area contributed by atoms with E-state index in [9.17, 15) is 4.79 Å². The average Bonchev–Trinajstić information content (AvgIpc) is 3.33. The van der Waals surface area contributed by atoms with Gasteiger partial charge in [0.1, 0.15) is 11.6 Å². The van der Waals surface area contributed by atoms with Crippen LogP contribution in [0.3, 0.4) is 0 Å². The van der Waals surface area contributed by atoms with E-state index < -0.39 is 0 Å². The number of hydrogen-bond donors (Lipinski definition) is 2. The SMILES string of the molecule is Cc1ccncc1-c1cc2cc(NC(=O)[C@H]3[C@@H]4CC(N5CCOCC5)C[C@@H]43)ncc2c(N)n1. The summed E-state index contributed by atoms with van der Waals surface area (Å²) in [6.07, 6.45) is 7.48. The van der Waals surface area contributed by atoms with Gasteiger partial charge in [0.15, 0.2) is 0 Å². The van der Waals surface area contributed by atoms with Crippen LogP contribution in [0.4, 0.5) is 11.6 Å². The van der Waals surface area contributed by atoms with Crippen LogP contribution >= 0.6 is 0 Å². The minimum atomic E-state index is 0.0858. The molecule has 3 fully saturated rings. The molecule has 0 spiro atoms. The van der Waals surface area contributed by atoms with Crippen LogP contribution in [0.1, 0.15) is 18.4 Å². The first-order valence-corrected chi connectivity index (χ1v) is 11.7. The Morgan fingerprint density at radius 1 is 1.18 bits per heavy atom. The van der Waals surface area contributed by atoms with Crippen LogP contribution in [-0.4, -0.2) is 58.1 Å². The van der Waals surface area contributed by atoms with E-state index in [4.69, 9.17) is 10.5 Å². The van der Waals surface area contributed by atoms with Gasteiger partial charge >= 0.3 is 0 Å². The van der Waals surface area contributed by atoms with E-state index >= 15 is 0 Å². The standard InChI is InChI=1S/C25H28N6O2/c1-14-2-3-27-12-19(14)21-8-15-9-22(28-13-20(15)24(26)29-21)30-25(32)23-17-10-16(11-18(17)23)31-4-6-33-7-5-31/h2-3,8-9,12-13,16-18,23H,4-7,10-11H2,1H3,(H2,26,29)(H,28,30,32)/t16?,17-,18+,23+. The molecule has 3 aliphatic rings. The Morgan fingerprint density at radius 2 is 1.97 bits per heavy atom. The highest BCUT2D eigenvalue weighted by molar-refractivity contribution is 5.98. The Balaban J connectivity index is 1.17. The zero-order valence-corrected chi connectivity index (χ0v) is 18.7. The van der Waals surface area contributed by atoms with Gasteiger partial charge in [0.2, 0.25) is 5.91 Å². The van der Waals surface area contributed by atoms with Crippen molar-refractivity contribution in [1.82, 2.24) is 19.9 Å². The molecule has 3 aromatic heterocycles. The first-order valence-electron chi connectivity index (χ1n) is 11.7. The first-order chi connectivity index (χ1) is 16.1. The normalized spacial score (nSPS) is 26.8. The third-order valence-corrected chi connectivity index (χ3v) is 7.60. The maximum Gasteiger partial charge on any atom is 0.229 e. The molecule has 4 atom stereocenters. The molecule has 1 aliphatic heterocycles. The van der Waals surface area contributed by atoms with Crippen LogP contribution < -0.4 is 11.1 Å². The molecule has 4 heterocycles. The number of rotatable bonds is 4. The van der Waals surface area contributed by atoms with E-state index in [-0.39, 0.29) is 11.8 Å². The van der Waals surface area contributed by atoms with Crippen LogP contribution in [0.15, 0.2) is 36.8 Å². The van der Waals surface area contributed by atoms with E-state index in [1.165, 1.54) is 0 Å². The van der Waals surface area contributed by atoms with Crippen molar-refractivity contribution < 1.29 is 9.53 Å². The number of hydrogen-bond acceptors (Lipinski definition) is 7. The lowest BCUT2D eigenvalue weighted by molar-refractivity contribution is -0.118. The molecule has 3 aromatic rings. The van der Waals surface area contributed by atoms with Gasteiger partial charge in [0, 0.05) is 54.6 Å². The number of carbonyl (C=O) groups is 1. The number of pyridine rings is 3. The summed E-state index contributed by atoms with van der Waals surface area (Å²) in [6.45, 7) is 5.70. The number of nitrogen functional groups attached to an aromatic ring is 1. The minimum Gasteiger partial charge on any atom is -0.383 e. The molecule has 1 amide bonds. The van der Waals surface area contributed by atoms with E-state index in [0.717, 1.165) is 66.7 Å². The lowest BCUT2D eigenvalue weighted by Crippen LogP contribution is -2.43. The van der Waals surface area contributed by atoms with Gasteiger partial charge in [0.25, 0.3) is 0 Å². The summed E-state index contributed by atoms with van der Waals surface area (Å²) in [7, 11) is 0. The highest BCUT2D eigenvalue weighted by atomic mass is 16.5. The molecule has 2 saturated carbocycles. The first kappa shape index (κ1) is 20.5. The number of aryl methyl sites for hydroxylation is 1. The molecular formula is C25H28N6O2. The van der Waals surface area contributed by atoms with Crippen molar-refractivity contribution in [1.29, 1.82) is 0 Å². The summed E-state index contributed by atoms with van der Waals surface area (Å²) in [4.78, 5) is 28.7. The molecule has 8 nitrogen and oxygen atoms in total. The van der Waals surface area contributed by atoms with Crippen molar-refractivity contribution in [3.8, 4) is 11.3 Å². The van der Waals surface area contributed by atoms with Gasteiger partial charge < -0.3 is 15.8 Å². The minimum absolute atomic E-state index is 0.0858. The van der Waals surface area contributed by atoms with E-state index in [2.05, 4.69) is 25.2 Å². The largest absolute Gasteiger partial charge is 0.383 e. The van der Waals surface area contributed by atoms with Gasteiger partial charge in [0.05, 0.1) is 18.9 Å². The summed E-state index contributed by atoms with van der Waals surface area (Å²) < 4.78 is 5.47. The Labute approximate surface area is 192 Å². The van der Waals surface area contributed by atoms with Crippen molar-refractivity contribution in [3.63, 3.8) is 0 Å². The molecule has 0 radical (unpaired) electrons. The summed E-state index contributed by atoms with van der Waals surface area (Å²) in [5.74, 6) is 2.17. The molecule has 1 saturated heterocycles. The molecule has 0 bridgehead atoms. The van der Waals surface area contributed by atoms with Crippen LogP contribution in [0.2, 0.25) is 0 Å². The Hall–Kier alpha value is -3.10. The zero-order chi connectivity index (χ0) is 22.5. The molecule has 0 aromatic carbocycles. The fourth-order valence-electron chi connectivity index (χ4n) is 5.76. The Morgan fingerprint density at radius 3 is 2.73 bits per heavy atom. The topological polar surface area (TPSA) is 106 Å². The van der Waals surface area contributed by atoms with Crippen molar-refractivity contribution in [2.24, 2.45) is 17.8 Å². The second-order valence-corrected chi connectivity index (χ2v) is 9.49. The van der Waals surface area contributed by atoms with Gasteiger partial charge in [-0.2, -0.15) is 0 Å². The third kappa shape index (κ3) is 3.73. The van der Waals surface area contributed by atoms with Gasteiger partial charge in [-0.3, -0.25) is 14.7 Å². The maximum absolute atomic E-state index is 13.0. The Bertz CT molecular complexity index is 1210. The molecule has 33 heavy (non-hydrogen) atoms. The van der Waals surface area contributed by atoms with Crippen LogP contribution in [0.5, 0.6) is 0 Å². The zero-order valence-electron chi connectivity index (χ0n) is 18.7. The van der Waals surface area contributed by atoms with Gasteiger partial charge in [-0.25, -0.2) is 9.97 Å². The number of ether oxygens (including phenoxy) is 1. The number of fused-ring (bicyclic) bond motifs is 2. The quantitative estimate of drug-likeness (QED) is 0.637. The molecule has 2 aliphatic carbocycles. The summed E-state index contributed by atoms with van der Waals surface area (Å²) in [6, 6.07) is 6.42. The predicted octanol–water partition coefficient (Wildman–Crippen LogP) is 2.88. The van der Waals surface area contributed by atoms with E-state index in [0.29, 0.717) is 29.5 Å². The smallest absolute Gasteiger partial charge is 0.229 e. The number of nitrogens with one attached hydrogen (secondary N) is 1. The predicted molar refractivity (Wildman–Crippen MR) is 126 cm³/mol. The third-order valence-electron chi connectivity index (χ3n) is 7.60. The molecule has 3 N–H and O–H groups in total. The van der Waals surface area contributed by atoms with Crippen molar-refractivity contribution in [3.05, 3.63) is 42.4 Å². The molecular weight excluding hydrogens is 416 g/mol. The molecule has 6 rings (SSSR count). The maximum atomic E-state index is 13.0. The Kier molecular flexibility index (Phi) is 4.99. The van der Waals surface area contributed by atoms with Crippen LogP contribution in [0.25, 0.3) is 22.0 Å². The van der Waals surface area contributed by atoms with Gasteiger partial charge in [-0.15, -0.1) is 0 Å². The second-order valence-electron chi connectivity index (χ2n) is 9.49. The highest BCUT2D eigenvalue weighted by Crippen LogP contribution is 2.58. The highest BCUT2D eigenvalue weighted by Gasteiger charge is 2.60. The summed E-state index contributed by atoms with van der Waals surface area (Å²) >= 11 is 0.